The zero-order chi connectivity index (χ0) is 15.5. The highest BCUT2D eigenvalue weighted by Crippen LogP contribution is 2.22. The highest BCUT2D eigenvalue weighted by atomic mass is 35.5. The van der Waals surface area contributed by atoms with Crippen molar-refractivity contribution in [2.45, 2.75) is 6.54 Å². The van der Waals surface area contributed by atoms with E-state index in [1.165, 1.54) is 12.3 Å². The van der Waals surface area contributed by atoms with Gasteiger partial charge >= 0.3 is 0 Å². The molecule has 2 aromatic rings. The number of nitrogens with one attached hydrogen (secondary N) is 1. The predicted molar refractivity (Wildman–Crippen MR) is 81.6 cm³/mol. The van der Waals surface area contributed by atoms with Crippen molar-refractivity contribution in [3.8, 4) is 0 Å². The fourth-order valence-corrected chi connectivity index (χ4v) is 2.75. The minimum absolute atomic E-state index is 0.165. The van der Waals surface area contributed by atoms with Gasteiger partial charge in [0.25, 0.3) is 5.56 Å². The van der Waals surface area contributed by atoms with Gasteiger partial charge in [0.2, 0.25) is 0 Å². The number of halogens is 2. The Kier molecular flexibility index (Phi) is 4.35. The SMILES string of the molecule is O=c1[nH]ncc(N2CCN(Cc3cncc(F)c3)CC2)c1Cl. The summed E-state index contributed by atoms with van der Waals surface area (Å²) in [5.41, 5.74) is 1.12. The molecule has 3 rings (SSSR count). The summed E-state index contributed by atoms with van der Waals surface area (Å²) in [6.07, 6.45) is 4.44. The first kappa shape index (κ1) is 14.9. The van der Waals surface area contributed by atoms with Gasteiger partial charge < -0.3 is 4.90 Å². The van der Waals surface area contributed by atoms with E-state index in [1.54, 1.807) is 12.4 Å². The summed E-state index contributed by atoms with van der Waals surface area (Å²) in [5.74, 6) is -0.322. The van der Waals surface area contributed by atoms with Crippen LogP contribution in [0.4, 0.5) is 10.1 Å². The maximum Gasteiger partial charge on any atom is 0.285 e. The fourth-order valence-electron chi connectivity index (χ4n) is 2.54. The Morgan fingerprint density at radius 1 is 1.23 bits per heavy atom. The molecule has 22 heavy (non-hydrogen) atoms. The van der Waals surface area contributed by atoms with Gasteiger partial charge in [0.05, 0.1) is 18.1 Å². The number of aromatic nitrogens is 3. The van der Waals surface area contributed by atoms with E-state index in [2.05, 4.69) is 20.1 Å². The monoisotopic (exact) mass is 323 g/mol. The Morgan fingerprint density at radius 3 is 2.73 bits per heavy atom. The summed E-state index contributed by atoms with van der Waals surface area (Å²) in [4.78, 5) is 19.6. The molecule has 0 bridgehead atoms. The van der Waals surface area contributed by atoms with E-state index in [0.717, 1.165) is 31.7 Å². The molecule has 0 amide bonds. The van der Waals surface area contributed by atoms with E-state index in [9.17, 15) is 9.18 Å². The Hall–Kier alpha value is -1.99. The quantitative estimate of drug-likeness (QED) is 0.922. The fraction of sp³-hybridized carbons (Fsp3) is 0.357. The van der Waals surface area contributed by atoms with Crippen molar-refractivity contribution in [2.75, 3.05) is 31.1 Å². The van der Waals surface area contributed by atoms with Gasteiger partial charge in [-0.1, -0.05) is 11.6 Å². The van der Waals surface area contributed by atoms with Gasteiger partial charge in [-0.15, -0.1) is 0 Å². The molecule has 0 radical (unpaired) electrons. The number of rotatable bonds is 3. The Balaban J connectivity index is 1.63. The van der Waals surface area contributed by atoms with Gasteiger partial charge in [-0.2, -0.15) is 5.10 Å². The summed E-state index contributed by atoms with van der Waals surface area (Å²) in [6.45, 7) is 3.69. The number of anilines is 1. The second-order valence-corrected chi connectivity index (χ2v) is 5.55. The zero-order valence-electron chi connectivity index (χ0n) is 11.8. The van der Waals surface area contributed by atoms with E-state index >= 15 is 0 Å². The number of H-pyrrole nitrogens is 1. The lowest BCUT2D eigenvalue weighted by Crippen LogP contribution is -2.46. The topological polar surface area (TPSA) is 65.1 Å². The maximum atomic E-state index is 13.1. The van der Waals surface area contributed by atoms with Crippen LogP contribution < -0.4 is 10.5 Å². The van der Waals surface area contributed by atoms with Crippen molar-refractivity contribution in [1.82, 2.24) is 20.1 Å². The molecule has 8 heteroatoms. The second-order valence-electron chi connectivity index (χ2n) is 5.17. The molecule has 0 atom stereocenters. The summed E-state index contributed by atoms with van der Waals surface area (Å²) in [5, 5.41) is 6.26. The number of hydrogen-bond donors (Lipinski definition) is 1. The summed E-state index contributed by atoms with van der Waals surface area (Å²) >= 11 is 6.02. The molecular weight excluding hydrogens is 309 g/mol. The van der Waals surface area contributed by atoms with E-state index < -0.39 is 0 Å². The van der Waals surface area contributed by atoms with Crippen LogP contribution in [0.5, 0.6) is 0 Å². The summed E-state index contributed by atoms with van der Waals surface area (Å²) < 4.78 is 13.1. The third-order valence-electron chi connectivity index (χ3n) is 3.66. The molecule has 1 saturated heterocycles. The molecular formula is C14H15ClFN5O. The van der Waals surface area contributed by atoms with E-state index in [4.69, 9.17) is 11.6 Å². The number of aromatic amines is 1. The van der Waals surface area contributed by atoms with Crippen molar-refractivity contribution in [3.05, 3.63) is 51.4 Å². The predicted octanol–water partition coefficient (Wildman–Crippen LogP) is 1.28. The lowest BCUT2D eigenvalue weighted by Gasteiger charge is -2.36. The minimum Gasteiger partial charge on any atom is -0.366 e. The van der Waals surface area contributed by atoms with Crippen molar-refractivity contribution >= 4 is 17.3 Å². The Bertz CT molecular complexity index is 714. The first-order chi connectivity index (χ1) is 10.6. The summed E-state index contributed by atoms with van der Waals surface area (Å²) in [6, 6.07) is 1.50. The van der Waals surface area contributed by atoms with E-state index in [-0.39, 0.29) is 16.4 Å². The molecule has 1 fully saturated rings. The van der Waals surface area contributed by atoms with Crippen LogP contribution in [0.2, 0.25) is 5.02 Å². The van der Waals surface area contributed by atoms with Gasteiger partial charge in [-0.25, -0.2) is 9.49 Å². The molecule has 0 aromatic carbocycles. The standard InChI is InChI=1S/C14H15ClFN5O/c15-13-12(8-18-19-14(13)22)21-3-1-20(2-4-21)9-10-5-11(16)7-17-6-10/h5-8H,1-4,9H2,(H,19,22). The smallest absolute Gasteiger partial charge is 0.285 e. The molecule has 0 unspecified atom stereocenters. The van der Waals surface area contributed by atoms with Crippen molar-refractivity contribution < 1.29 is 4.39 Å². The molecule has 0 spiro atoms. The molecule has 2 aromatic heterocycles. The maximum absolute atomic E-state index is 13.1. The van der Waals surface area contributed by atoms with Crippen LogP contribution in [0.15, 0.2) is 29.5 Å². The van der Waals surface area contributed by atoms with Crippen LogP contribution in [0.25, 0.3) is 0 Å². The van der Waals surface area contributed by atoms with Crippen LogP contribution in [0, 0.1) is 5.82 Å². The molecule has 116 valence electrons. The van der Waals surface area contributed by atoms with Gasteiger partial charge in [-0.05, 0) is 11.6 Å². The molecule has 1 aliphatic heterocycles. The highest BCUT2D eigenvalue weighted by molar-refractivity contribution is 6.32. The number of hydrogen-bond acceptors (Lipinski definition) is 5. The van der Waals surface area contributed by atoms with Crippen molar-refractivity contribution in [2.24, 2.45) is 0 Å². The summed E-state index contributed by atoms with van der Waals surface area (Å²) in [7, 11) is 0. The normalized spacial score (nSPS) is 16.0. The first-order valence-corrected chi connectivity index (χ1v) is 7.31. The van der Waals surface area contributed by atoms with Crippen LogP contribution in [0.3, 0.4) is 0 Å². The average molecular weight is 324 g/mol. The van der Waals surface area contributed by atoms with Crippen LogP contribution in [-0.2, 0) is 6.54 Å². The van der Waals surface area contributed by atoms with Gasteiger partial charge in [0.15, 0.2) is 0 Å². The second kappa shape index (κ2) is 6.41. The van der Waals surface area contributed by atoms with Crippen molar-refractivity contribution in [1.29, 1.82) is 0 Å². The molecule has 6 nitrogen and oxygen atoms in total. The number of pyridine rings is 1. The molecule has 1 N–H and O–H groups in total. The highest BCUT2D eigenvalue weighted by Gasteiger charge is 2.20. The van der Waals surface area contributed by atoms with Gasteiger partial charge in [0, 0.05) is 38.9 Å². The van der Waals surface area contributed by atoms with E-state index in [0.29, 0.717) is 12.2 Å². The lowest BCUT2D eigenvalue weighted by atomic mass is 10.2. The lowest BCUT2D eigenvalue weighted by molar-refractivity contribution is 0.249. The van der Waals surface area contributed by atoms with Gasteiger partial charge in [0.1, 0.15) is 10.8 Å². The van der Waals surface area contributed by atoms with Crippen LogP contribution in [0.1, 0.15) is 5.56 Å². The largest absolute Gasteiger partial charge is 0.366 e. The van der Waals surface area contributed by atoms with Gasteiger partial charge in [-0.3, -0.25) is 14.7 Å². The number of nitrogens with zero attached hydrogens (tertiary/aromatic N) is 4. The minimum atomic E-state index is -0.382. The molecule has 0 saturated carbocycles. The average Bonchev–Trinajstić information content (AvgIpc) is 2.51. The molecule has 0 aliphatic carbocycles. The Morgan fingerprint density at radius 2 is 2.00 bits per heavy atom. The number of piperazine rings is 1. The first-order valence-electron chi connectivity index (χ1n) is 6.93. The Labute approximate surface area is 131 Å². The molecule has 3 heterocycles. The third-order valence-corrected chi connectivity index (χ3v) is 4.02. The van der Waals surface area contributed by atoms with Crippen LogP contribution >= 0.6 is 11.6 Å². The van der Waals surface area contributed by atoms with Crippen molar-refractivity contribution in [3.63, 3.8) is 0 Å². The third kappa shape index (κ3) is 3.26. The zero-order valence-corrected chi connectivity index (χ0v) is 12.6. The van der Waals surface area contributed by atoms with E-state index in [1.807, 2.05) is 4.90 Å². The van der Waals surface area contributed by atoms with Crippen LogP contribution in [-0.4, -0.2) is 46.3 Å². The molecule has 1 aliphatic rings.